The molecule has 1 saturated carbocycles. The molecule has 3 rings (SSSR count). The Morgan fingerprint density at radius 1 is 1.08 bits per heavy atom. The number of para-hydroxylation sites is 3. The molecule has 0 spiro atoms. The first-order valence-corrected chi connectivity index (χ1v) is 9.17. The number of amides is 1. The molecule has 3 N–H and O–H groups in total. The number of hydrogen-bond donors (Lipinski definition) is 2. The lowest BCUT2D eigenvalue weighted by Crippen LogP contribution is -2.93. The number of ether oxygens (including phenoxy) is 1. The fraction of sp³-hybridized carbons (Fsp3) is 0.381. The van der Waals surface area contributed by atoms with Gasteiger partial charge >= 0.3 is 0 Å². The highest BCUT2D eigenvalue weighted by atomic mass is 16.5. The molecule has 1 fully saturated rings. The van der Waals surface area contributed by atoms with Crippen molar-refractivity contribution in [2.75, 3.05) is 11.9 Å². The van der Waals surface area contributed by atoms with Crippen molar-refractivity contribution in [2.24, 2.45) is 5.92 Å². The second kappa shape index (κ2) is 8.67. The Morgan fingerprint density at radius 2 is 1.80 bits per heavy atom. The Bertz CT molecular complexity index is 687. The fourth-order valence-electron chi connectivity index (χ4n) is 3.43. The average molecular weight is 339 g/mol. The van der Waals surface area contributed by atoms with Crippen molar-refractivity contribution in [2.45, 2.75) is 38.6 Å². The quantitative estimate of drug-likeness (QED) is 0.845. The second-order valence-corrected chi connectivity index (χ2v) is 6.82. The van der Waals surface area contributed by atoms with Crippen molar-refractivity contribution >= 4 is 11.6 Å². The molecule has 0 bridgehead atoms. The number of carbonyl (C=O) groups is 1. The number of nitrogens with two attached hydrogens (primary N) is 1. The molecule has 0 heterocycles. The van der Waals surface area contributed by atoms with Gasteiger partial charge in [-0.3, -0.25) is 4.79 Å². The molecular weight excluding hydrogens is 312 g/mol. The van der Waals surface area contributed by atoms with Crippen LogP contribution in [0.5, 0.6) is 11.5 Å². The topological polar surface area (TPSA) is 54.9 Å². The molecule has 1 aliphatic rings. The van der Waals surface area contributed by atoms with Gasteiger partial charge in [0.2, 0.25) is 0 Å². The van der Waals surface area contributed by atoms with Crippen LogP contribution in [0.1, 0.15) is 32.6 Å². The van der Waals surface area contributed by atoms with E-state index >= 15 is 0 Å². The Kier molecular flexibility index (Phi) is 6.07. The van der Waals surface area contributed by atoms with Gasteiger partial charge in [-0.1, -0.05) is 43.7 Å². The number of quaternary nitrogens is 1. The van der Waals surface area contributed by atoms with Crippen LogP contribution in [0.2, 0.25) is 0 Å². The standard InChI is InChI=1S/C21H26N2O2/c1-16-9-5-6-12-18(16)22-15-21(24)23-19-13-7-8-14-20(19)25-17-10-3-2-4-11-17/h2-4,7-8,10-11,13-14,16,18,22H,5-6,9,12,15H2,1H3,(H,23,24)/p+1/t16-,18+/m1/s1. The van der Waals surface area contributed by atoms with Gasteiger partial charge in [-0.05, 0) is 43.5 Å². The molecule has 2 aromatic rings. The Hall–Kier alpha value is -2.33. The first kappa shape index (κ1) is 17.5. The zero-order chi connectivity index (χ0) is 17.5. The van der Waals surface area contributed by atoms with Gasteiger partial charge in [-0.25, -0.2) is 0 Å². The summed E-state index contributed by atoms with van der Waals surface area (Å²) in [5.74, 6) is 2.12. The van der Waals surface area contributed by atoms with E-state index in [0.717, 1.165) is 5.75 Å². The van der Waals surface area contributed by atoms with E-state index < -0.39 is 0 Å². The number of hydrogen-bond acceptors (Lipinski definition) is 2. The van der Waals surface area contributed by atoms with Crippen LogP contribution in [0.15, 0.2) is 54.6 Å². The van der Waals surface area contributed by atoms with Crippen molar-refractivity contribution in [3.63, 3.8) is 0 Å². The van der Waals surface area contributed by atoms with Crippen LogP contribution in [0.4, 0.5) is 5.69 Å². The van der Waals surface area contributed by atoms with Crippen molar-refractivity contribution in [3.8, 4) is 11.5 Å². The van der Waals surface area contributed by atoms with E-state index in [1.807, 2.05) is 54.6 Å². The smallest absolute Gasteiger partial charge is 0.279 e. The van der Waals surface area contributed by atoms with E-state index in [9.17, 15) is 4.79 Å². The summed E-state index contributed by atoms with van der Waals surface area (Å²) in [6.45, 7) is 2.75. The molecule has 0 unspecified atom stereocenters. The minimum absolute atomic E-state index is 0.0156. The number of anilines is 1. The predicted molar refractivity (Wildman–Crippen MR) is 99.8 cm³/mol. The maximum atomic E-state index is 12.4. The first-order chi connectivity index (χ1) is 12.2. The van der Waals surface area contributed by atoms with Crippen LogP contribution in [-0.2, 0) is 4.79 Å². The Morgan fingerprint density at radius 3 is 2.60 bits per heavy atom. The van der Waals surface area contributed by atoms with E-state index in [1.165, 1.54) is 25.7 Å². The molecule has 0 aromatic heterocycles. The van der Waals surface area contributed by atoms with Crippen LogP contribution < -0.4 is 15.4 Å². The third-order valence-electron chi connectivity index (χ3n) is 4.92. The Labute approximate surface area is 149 Å². The zero-order valence-corrected chi connectivity index (χ0v) is 14.8. The minimum Gasteiger partial charge on any atom is -0.455 e. The van der Waals surface area contributed by atoms with Gasteiger partial charge in [0, 0.05) is 5.92 Å². The Balaban J connectivity index is 1.57. The van der Waals surface area contributed by atoms with Gasteiger partial charge in [0.1, 0.15) is 5.75 Å². The molecule has 2 atom stereocenters. The molecule has 2 aromatic carbocycles. The maximum Gasteiger partial charge on any atom is 0.279 e. The average Bonchev–Trinajstić information content (AvgIpc) is 2.64. The SMILES string of the molecule is C[C@@H]1CCCC[C@@H]1[NH2+]CC(=O)Nc1ccccc1Oc1ccccc1. The number of benzene rings is 2. The summed E-state index contributed by atoms with van der Waals surface area (Å²) in [5.41, 5.74) is 0.710. The van der Waals surface area contributed by atoms with E-state index in [-0.39, 0.29) is 5.91 Å². The van der Waals surface area contributed by atoms with E-state index in [1.54, 1.807) is 0 Å². The fourth-order valence-corrected chi connectivity index (χ4v) is 3.43. The summed E-state index contributed by atoms with van der Waals surface area (Å²) in [6, 6.07) is 17.7. The first-order valence-electron chi connectivity index (χ1n) is 9.17. The van der Waals surface area contributed by atoms with Gasteiger partial charge in [-0.2, -0.15) is 0 Å². The molecule has 0 saturated heterocycles. The molecule has 0 aliphatic heterocycles. The molecule has 25 heavy (non-hydrogen) atoms. The number of nitrogens with one attached hydrogen (secondary N) is 1. The molecule has 4 heteroatoms. The molecular formula is C21H27N2O2+. The highest BCUT2D eigenvalue weighted by Crippen LogP contribution is 2.29. The van der Waals surface area contributed by atoms with E-state index in [4.69, 9.17) is 4.74 Å². The molecule has 4 nitrogen and oxygen atoms in total. The second-order valence-electron chi connectivity index (χ2n) is 6.82. The highest BCUT2D eigenvalue weighted by Gasteiger charge is 2.24. The van der Waals surface area contributed by atoms with Crippen LogP contribution >= 0.6 is 0 Å². The molecule has 0 radical (unpaired) electrons. The summed E-state index contributed by atoms with van der Waals surface area (Å²) in [7, 11) is 0. The van der Waals surface area contributed by atoms with Crippen molar-refractivity contribution in [1.82, 2.24) is 0 Å². The lowest BCUT2D eigenvalue weighted by molar-refractivity contribution is -0.687. The molecule has 1 amide bonds. The lowest BCUT2D eigenvalue weighted by atomic mass is 9.86. The van der Waals surface area contributed by atoms with Gasteiger partial charge in [-0.15, -0.1) is 0 Å². The van der Waals surface area contributed by atoms with Gasteiger partial charge in [0.05, 0.1) is 11.7 Å². The van der Waals surface area contributed by atoms with Crippen LogP contribution in [-0.4, -0.2) is 18.5 Å². The van der Waals surface area contributed by atoms with Crippen LogP contribution in [0.25, 0.3) is 0 Å². The third kappa shape index (κ3) is 5.07. The zero-order valence-electron chi connectivity index (χ0n) is 14.8. The van der Waals surface area contributed by atoms with Crippen LogP contribution in [0.3, 0.4) is 0 Å². The van der Waals surface area contributed by atoms with Gasteiger partial charge in [0.25, 0.3) is 5.91 Å². The minimum atomic E-state index is 0.0156. The lowest BCUT2D eigenvalue weighted by Gasteiger charge is -2.26. The summed E-state index contributed by atoms with van der Waals surface area (Å²) in [6.07, 6.45) is 5.08. The van der Waals surface area contributed by atoms with Gasteiger partial charge < -0.3 is 15.4 Å². The maximum absolute atomic E-state index is 12.4. The van der Waals surface area contributed by atoms with Crippen molar-refractivity contribution < 1.29 is 14.8 Å². The molecule has 1 aliphatic carbocycles. The largest absolute Gasteiger partial charge is 0.455 e. The summed E-state index contributed by atoms with van der Waals surface area (Å²) in [5, 5.41) is 5.18. The number of rotatable bonds is 6. The summed E-state index contributed by atoms with van der Waals surface area (Å²) >= 11 is 0. The van der Waals surface area contributed by atoms with Crippen LogP contribution in [0, 0.1) is 5.92 Å². The van der Waals surface area contributed by atoms with Gasteiger partial charge in [0.15, 0.2) is 12.3 Å². The highest BCUT2D eigenvalue weighted by molar-refractivity contribution is 5.92. The van der Waals surface area contributed by atoms with Crippen molar-refractivity contribution in [1.29, 1.82) is 0 Å². The van der Waals surface area contributed by atoms with E-state index in [2.05, 4.69) is 17.6 Å². The molecule has 132 valence electrons. The number of carbonyl (C=O) groups excluding carboxylic acids is 1. The third-order valence-corrected chi connectivity index (χ3v) is 4.92. The summed E-state index contributed by atoms with van der Waals surface area (Å²) < 4.78 is 5.90. The normalized spacial score (nSPS) is 20.0. The van der Waals surface area contributed by atoms with E-state index in [0.29, 0.717) is 29.9 Å². The van der Waals surface area contributed by atoms with Crippen molar-refractivity contribution in [3.05, 3.63) is 54.6 Å². The monoisotopic (exact) mass is 339 g/mol. The predicted octanol–water partition coefficient (Wildman–Crippen LogP) is 3.56. The summed E-state index contributed by atoms with van der Waals surface area (Å²) in [4.78, 5) is 12.4.